The first-order valence-electron chi connectivity index (χ1n) is 5.24. The largest absolute Gasteiger partial charge is 0.396 e. The molecule has 2 atom stereocenters. The van der Waals surface area contributed by atoms with Gasteiger partial charge in [-0.15, -0.1) is 0 Å². The van der Waals surface area contributed by atoms with Crippen LogP contribution in [0.15, 0.2) is 0 Å². The van der Waals surface area contributed by atoms with Crippen molar-refractivity contribution < 1.29 is 10.2 Å². The molecule has 0 radical (unpaired) electrons. The van der Waals surface area contributed by atoms with Crippen molar-refractivity contribution in [1.29, 1.82) is 0 Å². The van der Waals surface area contributed by atoms with E-state index in [1.807, 2.05) is 6.92 Å². The lowest BCUT2D eigenvalue weighted by atomic mass is 10.0. The Balaban J connectivity index is 3.37. The topological polar surface area (TPSA) is 52.5 Å². The molecule has 0 heterocycles. The SMILES string of the molecule is CCC(O)CNCC(CC)CCO. The van der Waals surface area contributed by atoms with Crippen molar-refractivity contribution in [3.63, 3.8) is 0 Å². The molecule has 13 heavy (non-hydrogen) atoms. The summed E-state index contributed by atoms with van der Waals surface area (Å²) in [5, 5.41) is 21.2. The molecule has 0 aliphatic rings. The van der Waals surface area contributed by atoms with E-state index in [4.69, 9.17) is 5.11 Å². The summed E-state index contributed by atoms with van der Waals surface area (Å²) in [5.41, 5.74) is 0. The maximum atomic E-state index is 9.26. The molecular weight excluding hydrogens is 166 g/mol. The molecule has 0 aromatic heterocycles. The van der Waals surface area contributed by atoms with E-state index >= 15 is 0 Å². The molecule has 0 fully saturated rings. The van der Waals surface area contributed by atoms with Crippen molar-refractivity contribution in [1.82, 2.24) is 5.32 Å². The average molecular weight is 189 g/mol. The van der Waals surface area contributed by atoms with Crippen LogP contribution >= 0.6 is 0 Å². The Bertz CT molecular complexity index is 109. The lowest BCUT2D eigenvalue weighted by Gasteiger charge is -2.15. The predicted octanol–water partition coefficient (Wildman–Crippen LogP) is 0.755. The van der Waals surface area contributed by atoms with Crippen molar-refractivity contribution >= 4 is 0 Å². The van der Waals surface area contributed by atoms with E-state index in [0.717, 1.165) is 25.8 Å². The third-order valence-corrected chi connectivity index (χ3v) is 2.40. The Morgan fingerprint density at radius 2 is 1.85 bits per heavy atom. The maximum absolute atomic E-state index is 9.26. The minimum atomic E-state index is -0.230. The monoisotopic (exact) mass is 189 g/mol. The zero-order valence-corrected chi connectivity index (χ0v) is 8.79. The quantitative estimate of drug-likeness (QED) is 0.528. The Morgan fingerprint density at radius 3 is 2.31 bits per heavy atom. The van der Waals surface area contributed by atoms with Crippen LogP contribution in [-0.4, -0.2) is 36.0 Å². The first kappa shape index (κ1) is 12.9. The van der Waals surface area contributed by atoms with Gasteiger partial charge >= 0.3 is 0 Å². The van der Waals surface area contributed by atoms with Crippen molar-refractivity contribution in [3.05, 3.63) is 0 Å². The van der Waals surface area contributed by atoms with Crippen LogP contribution < -0.4 is 5.32 Å². The Morgan fingerprint density at radius 1 is 1.15 bits per heavy atom. The van der Waals surface area contributed by atoms with Gasteiger partial charge in [-0.1, -0.05) is 20.3 Å². The molecule has 0 amide bonds. The van der Waals surface area contributed by atoms with Gasteiger partial charge in [0.05, 0.1) is 6.10 Å². The summed E-state index contributed by atoms with van der Waals surface area (Å²) in [5.74, 6) is 0.536. The molecule has 0 spiro atoms. The molecule has 0 bridgehead atoms. The lowest BCUT2D eigenvalue weighted by molar-refractivity contribution is 0.163. The van der Waals surface area contributed by atoms with Gasteiger partial charge in [0.15, 0.2) is 0 Å². The summed E-state index contributed by atoms with van der Waals surface area (Å²) in [6.07, 6.45) is 2.50. The highest BCUT2D eigenvalue weighted by Crippen LogP contribution is 2.05. The summed E-state index contributed by atoms with van der Waals surface area (Å²) in [6, 6.07) is 0. The molecule has 3 heteroatoms. The molecule has 0 aromatic rings. The van der Waals surface area contributed by atoms with Crippen LogP contribution in [0.5, 0.6) is 0 Å². The molecule has 80 valence electrons. The molecule has 0 saturated heterocycles. The third-order valence-electron chi connectivity index (χ3n) is 2.40. The molecule has 3 nitrogen and oxygen atoms in total. The van der Waals surface area contributed by atoms with Crippen molar-refractivity contribution in [2.24, 2.45) is 5.92 Å². The standard InChI is InChI=1S/C10H23NO2/c1-3-9(5-6-12)7-11-8-10(13)4-2/h9-13H,3-8H2,1-2H3. The number of hydrogen-bond acceptors (Lipinski definition) is 3. The first-order valence-corrected chi connectivity index (χ1v) is 5.24. The molecule has 0 aliphatic carbocycles. The normalized spacial score (nSPS) is 15.7. The molecule has 0 rings (SSSR count). The molecule has 0 saturated carbocycles. The minimum Gasteiger partial charge on any atom is -0.396 e. The second-order valence-electron chi connectivity index (χ2n) is 3.51. The van der Waals surface area contributed by atoms with Gasteiger partial charge in [-0.2, -0.15) is 0 Å². The van der Waals surface area contributed by atoms with E-state index in [9.17, 15) is 5.11 Å². The number of rotatable bonds is 8. The summed E-state index contributed by atoms with van der Waals surface area (Å²) < 4.78 is 0. The molecular formula is C10H23NO2. The Labute approximate surface area is 81.2 Å². The summed E-state index contributed by atoms with van der Waals surface area (Å²) in [7, 11) is 0. The summed E-state index contributed by atoms with van der Waals surface area (Å²) >= 11 is 0. The second kappa shape index (κ2) is 8.48. The van der Waals surface area contributed by atoms with E-state index in [2.05, 4.69) is 12.2 Å². The van der Waals surface area contributed by atoms with Crippen LogP contribution in [0.1, 0.15) is 33.1 Å². The van der Waals surface area contributed by atoms with Gasteiger partial charge in [-0.3, -0.25) is 0 Å². The van der Waals surface area contributed by atoms with E-state index in [-0.39, 0.29) is 12.7 Å². The van der Waals surface area contributed by atoms with Crippen molar-refractivity contribution in [2.45, 2.75) is 39.2 Å². The van der Waals surface area contributed by atoms with E-state index in [1.165, 1.54) is 0 Å². The summed E-state index contributed by atoms with van der Waals surface area (Å²) in [4.78, 5) is 0. The van der Waals surface area contributed by atoms with Gasteiger partial charge in [0.2, 0.25) is 0 Å². The highest BCUT2D eigenvalue weighted by molar-refractivity contribution is 4.63. The van der Waals surface area contributed by atoms with Crippen LogP contribution in [0.4, 0.5) is 0 Å². The van der Waals surface area contributed by atoms with Gasteiger partial charge in [0.1, 0.15) is 0 Å². The van der Waals surface area contributed by atoms with Crippen LogP contribution in [0.2, 0.25) is 0 Å². The highest BCUT2D eigenvalue weighted by Gasteiger charge is 2.06. The highest BCUT2D eigenvalue weighted by atomic mass is 16.3. The Kier molecular flexibility index (Phi) is 8.40. The number of hydrogen-bond donors (Lipinski definition) is 3. The zero-order chi connectivity index (χ0) is 10.1. The predicted molar refractivity (Wildman–Crippen MR) is 54.7 cm³/mol. The third kappa shape index (κ3) is 6.99. The van der Waals surface area contributed by atoms with Crippen molar-refractivity contribution in [3.8, 4) is 0 Å². The van der Waals surface area contributed by atoms with Crippen LogP contribution in [0.25, 0.3) is 0 Å². The van der Waals surface area contributed by atoms with Gasteiger partial charge < -0.3 is 15.5 Å². The fourth-order valence-corrected chi connectivity index (χ4v) is 1.23. The fourth-order valence-electron chi connectivity index (χ4n) is 1.23. The average Bonchev–Trinajstić information content (AvgIpc) is 2.16. The van der Waals surface area contributed by atoms with Crippen molar-refractivity contribution in [2.75, 3.05) is 19.7 Å². The second-order valence-corrected chi connectivity index (χ2v) is 3.51. The lowest BCUT2D eigenvalue weighted by Crippen LogP contribution is -2.30. The van der Waals surface area contributed by atoms with Crippen LogP contribution in [0.3, 0.4) is 0 Å². The maximum Gasteiger partial charge on any atom is 0.0662 e. The van der Waals surface area contributed by atoms with Gasteiger partial charge in [-0.25, -0.2) is 0 Å². The number of aliphatic hydroxyl groups excluding tert-OH is 2. The smallest absolute Gasteiger partial charge is 0.0662 e. The molecule has 3 N–H and O–H groups in total. The fraction of sp³-hybridized carbons (Fsp3) is 1.00. The van der Waals surface area contributed by atoms with E-state index < -0.39 is 0 Å². The van der Waals surface area contributed by atoms with Crippen LogP contribution in [-0.2, 0) is 0 Å². The first-order chi connectivity index (χ1) is 6.24. The van der Waals surface area contributed by atoms with Gasteiger partial charge in [0.25, 0.3) is 0 Å². The van der Waals surface area contributed by atoms with Crippen LogP contribution in [0, 0.1) is 5.92 Å². The molecule has 0 aliphatic heterocycles. The van der Waals surface area contributed by atoms with E-state index in [0.29, 0.717) is 12.5 Å². The van der Waals surface area contributed by atoms with Gasteiger partial charge in [0, 0.05) is 13.2 Å². The number of aliphatic hydroxyl groups is 2. The Hall–Kier alpha value is -0.120. The van der Waals surface area contributed by atoms with Gasteiger partial charge in [-0.05, 0) is 25.3 Å². The van der Waals surface area contributed by atoms with E-state index in [1.54, 1.807) is 0 Å². The molecule has 2 unspecified atom stereocenters. The summed E-state index contributed by atoms with van der Waals surface area (Å²) in [6.45, 7) is 5.92. The minimum absolute atomic E-state index is 0.230. The zero-order valence-electron chi connectivity index (χ0n) is 8.79. The molecule has 0 aromatic carbocycles. The number of nitrogens with one attached hydrogen (secondary N) is 1.